The van der Waals surface area contributed by atoms with Gasteiger partial charge in [0.1, 0.15) is 0 Å². The number of nitrogens with two attached hydrogens (primary N) is 1. The number of nitrogens with zero attached hydrogens (tertiary/aromatic N) is 3. The number of aryl methyl sites for hydroxylation is 2. The largest absolute Gasteiger partial charge is 0.409 e. The summed E-state index contributed by atoms with van der Waals surface area (Å²) in [5.41, 5.74) is 6.30. The fraction of sp³-hybridized carbons (Fsp3) is 0.500. The molecule has 1 heterocycles. The van der Waals surface area contributed by atoms with Gasteiger partial charge >= 0.3 is 0 Å². The van der Waals surface area contributed by atoms with Gasteiger partial charge in [0.2, 0.25) is 0 Å². The number of amides is 1. The van der Waals surface area contributed by atoms with Gasteiger partial charge in [-0.05, 0) is 33.3 Å². The average Bonchev–Trinajstić information content (AvgIpc) is 2.37. The van der Waals surface area contributed by atoms with Crippen molar-refractivity contribution in [2.45, 2.75) is 39.7 Å². The van der Waals surface area contributed by atoms with Crippen LogP contribution in [0.5, 0.6) is 0 Å². The topological polar surface area (TPSA) is 113 Å². The fourth-order valence-electron chi connectivity index (χ4n) is 1.51. The molecule has 0 aromatic carbocycles. The molecule has 0 radical (unpaired) electrons. The number of carbonyl (C=O) groups excluding carboxylic acids is 1. The van der Waals surface area contributed by atoms with Crippen LogP contribution in [0.2, 0.25) is 0 Å². The van der Waals surface area contributed by atoms with Crippen molar-refractivity contribution in [1.82, 2.24) is 15.5 Å². The van der Waals surface area contributed by atoms with Crippen molar-refractivity contribution in [2.75, 3.05) is 0 Å². The molecule has 1 amide bonds. The number of oxime groups is 1. The number of rotatable bonds is 4. The molecule has 1 aromatic rings. The van der Waals surface area contributed by atoms with Crippen LogP contribution in [-0.2, 0) is 6.42 Å². The molecule has 19 heavy (non-hydrogen) atoms. The Bertz CT molecular complexity index is 511. The van der Waals surface area contributed by atoms with Crippen molar-refractivity contribution >= 4 is 11.7 Å². The molecule has 7 heteroatoms. The number of hydrogen-bond acceptors (Lipinski definition) is 5. The molecule has 1 aromatic heterocycles. The molecule has 1 rings (SSSR count). The predicted octanol–water partition coefficient (Wildman–Crippen LogP) is 0.602. The van der Waals surface area contributed by atoms with E-state index in [0.29, 0.717) is 23.4 Å². The highest BCUT2D eigenvalue weighted by atomic mass is 16.4. The standard InChI is InChI=1S/C12H19N5O2/c1-5-9-8(6-7(2)15-16-9)10(18)14-12(3,4)11(13)17-19/h6,19H,5H2,1-4H3,(H2,13,17)(H,14,18). The summed E-state index contributed by atoms with van der Waals surface area (Å²) in [6.45, 7) is 6.95. The summed E-state index contributed by atoms with van der Waals surface area (Å²) in [6, 6.07) is 1.67. The van der Waals surface area contributed by atoms with Gasteiger partial charge in [0.05, 0.1) is 22.5 Å². The molecule has 4 N–H and O–H groups in total. The Labute approximate surface area is 111 Å². The highest BCUT2D eigenvalue weighted by Crippen LogP contribution is 2.10. The van der Waals surface area contributed by atoms with Gasteiger partial charge in [-0.2, -0.15) is 10.2 Å². The minimum atomic E-state index is -0.950. The van der Waals surface area contributed by atoms with Gasteiger partial charge in [-0.15, -0.1) is 0 Å². The summed E-state index contributed by atoms with van der Waals surface area (Å²) < 4.78 is 0. The van der Waals surface area contributed by atoms with Crippen LogP contribution in [0, 0.1) is 6.92 Å². The monoisotopic (exact) mass is 265 g/mol. The Morgan fingerprint density at radius 2 is 2.16 bits per heavy atom. The first-order valence-electron chi connectivity index (χ1n) is 5.95. The van der Waals surface area contributed by atoms with Gasteiger partial charge in [-0.3, -0.25) is 4.79 Å². The molecule has 0 saturated heterocycles. The molecular formula is C12H19N5O2. The Hall–Kier alpha value is -2.18. The van der Waals surface area contributed by atoms with Gasteiger partial charge < -0.3 is 16.3 Å². The van der Waals surface area contributed by atoms with Crippen molar-refractivity contribution in [2.24, 2.45) is 10.9 Å². The average molecular weight is 265 g/mol. The number of aromatic nitrogens is 2. The van der Waals surface area contributed by atoms with E-state index in [-0.39, 0.29) is 11.7 Å². The second-order valence-corrected chi connectivity index (χ2v) is 4.76. The Morgan fingerprint density at radius 3 is 2.68 bits per heavy atom. The van der Waals surface area contributed by atoms with Crippen LogP contribution in [0.25, 0.3) is 0 Å². The van der Waals surface area contributed by atoms with Crippen LogP contribution in [0.3, 0.4) is 0 Å². The van der Waals surface area contributed by atoms with Crippen LogP contribution < -0.4 is 11.1 Å². The van der Waals surface area contributed by atoms with Crippen LogP contribution in [0.4, 0.5) is 0 Å². The van der Waals surface area contributed by atoms with E-state index in [1.165, 1.54) is 0 Å². The molecule has 0 saturated carbocycles. The summed E-state index contributed by atoms with van der Waals surface area (Å²) in [5, 5.41) is 22.2. The molecule has 0 aliphatic carbocycles. The normalized spacial score (nSPS) is 12.3. The second kappa shape index (κ2) is 5.64. The predicted molar refractivity (Wildman–Crippen MR) is 71.1 cm³/mol. The second-order valence-electron chi connectivity index (χ2n) is 4.76. The van der Waals surface area contributed by atoms with Crippen molar-refractivity contribution in [1.29, 1.82) is 0 Å². The van der Waals surface area contributed by atoms with E-state index in [4.69, 9.17) is 10.9 Å². The molecule has 0 aliphatic rings. The van der Waals surface area contributed by atoms with Crippen molar-refractivity contribution in [3.63, 3.8) is 0 Å². The summed E-state index contributed by atoms with van der Waals surface area (Å²) >= 11 is 0. The summed E-state index contributed by atoms with van der Waals surface area (Å²) in [4.78, 5) is 12.2. The minimum absolute atomic E-state index is 0.0716. The highest BCUT2D eigenvalue weighted by Gasteiger charge is 2.27. The molecule has 0 atom stereocenters. The SMILES string of the molecule is CCc1nnc(C)cc1C(=O)NC(C)(C)C(N)=NO. The number of hydrogen-bond donors (Lipinski definition) is 3. The Kier molecular flexibility index (Phi) is 4.42. The summed E-state index contributed by atoms with van der Waals surface area (Å²) in [7, 11) is 0. The fourth-order valence-corrected chi connectivity index (χ4v) is 1.51. The molecule has 0 fully saturated rings. The summed E-state index contributed by atoms with van der Waals surface area (Å²) in [5.74, 6) is -0.399. The third kappa shape index (κ3) is 3.40. The maximum absolute atomic E-state index is 12.2. The van der Waals surface area contributed by atoms with Crippen molar-refractivity contribution in [3.05, 3.63) is 23.0 Å². The zero-order valence-electron chi connectivity index (χ0n) is 11.6. The van der Waals surface area contributed by atoms with Gasteiger partial charge in [0.25, 0.3) is 5.91 Å². The first-order chi connectivity index (χ1) is 8.81. The van der Waals surface area contributed by atoms with E-state index < -0.39 is 5.54 Å². The van der Waals surface area contributed by atoms with Gasteiger partial charge in [0, 0.05) is 0 Å². The van der Waals surface area contributed by atoms with Crippen LogP contribution in [0.15, 0.2) is 11.2 Å². The third-order valence-electron chi connectivity index (χ3n) is 2.75. The van der Waals surface area contributed by atoms with E-state index in [2.05, 4.69) is 20.7 Å². The molecule has 104 valence electrons. The first-order valence-corrected chi connectivity index (χ1v) is 5.95. The lowest BCUT2D eigenvalue weighted by Crippen LogP contribution is -2.53. The number of carbonyl (C=O) groups is 1. The van der Waals surface area contributed by atoms with Crippen LogP contribution in [0.1, 0.15) is 42.5 Å². The van der Waals surface area contributed by atoms with Crippen molar-refractivity contribution in [3.8, 4) is 0 Å². The van der Waals surface area contributed by atoms with Gasteiger partial charge in [-0.1, -0.05) is 12.1 Å². The minimum Gasteiger partial charge on any atom is -0.409 e. The van der Waals surface area contributed by atoms with E-state index >= 15 is 0 Å². The number of nitrogens with one attached hydrogen (secondary N) is 1. The van der Waals surface area contributed by atoms with Gasteiger partial charge in [-0.25, -0.2) is 0 Å². The Balaban J connectivity index is 3.05. The molecule has 0 aliphatic heterocycles. The quantitative estimate of drug-likeness (QED) is 0.319. The molecular weight excluding hydrogens is 246 g/mol. The van der Waals surface area contributed by atoms with Gasteiger partial charge in [0.15, 0.2) is 5.84 Å². The zero-order valence-corrected chi connectivity index (χ0v) is 11.6. The molecule has 0 spiro atoms. The molecule has 7 nitrogen and oxygen atoms in total. The zero-order chi connectivity index (χ0) is 14.6. The van der Waals surface area contributed by atoms with E-state index in [9.17, 15) is 4.79 Å². The molecule has 0 unspecified atom stereocenters. The lowest BCUT2D eigenvalue weighted by molar-refractivity contribution is 0.0929. The van der Waals surface area contributed by atoms with Crippen LogP contribution in [-0.4, -0.2) is 32.7 Å². The lowest BCUT2D eigenvalue weighted by Gasteiger charge is -2.24. The molecule has 0 bridgehead atoms. The number of amidine groups is 1. The first kappa shape index (κ1) is 14.9. The van der Waals surface area contributed by atoms with Crippen LogP contribution >= 0.6 is 0 Å². The van der Waals surface area contributed by atoms with E-state index in [1.54, 1.807) is 26.8 Å². The maximum atomic E-state index is 12.2. The van der Waals surface area contributed by atoms with E-state index in [0.717, 1.165) is 0 Å². The third-order valence-corrected chi connectivity index (χ3v) is 2.75. The highest BCUT2D eigenvalue weighted by molar-refractivity contribution is 6.00. The van der Waals surface area contributed by atoms with Crippen molar-refractivity contribution < 1.29 is 10.0 Å². The summed E-state index contributed by atoms with van der Waals surface area (Å²) in [6.07, 6.45) is 0.597. The maximum Gasteiger partial charge on any atom is 0.254 e. The van der Waals surface area contributed by atoms with E-state index in [1.807, 2.05) is 6.92 Å². The lowest BCUT2D eigenvalue weighted by atomic mass is 10.0. The Morgan fingerprint density at radius 1 is 1.53 bits per heavy atom. The smallest absolute Gasteiger partial charge is 0.254 e.